The Hall–Kier alpha value is -0.790. The second kappa shape index (κ2) is 9.26. The summed E-state index contributed by atoms with van der Waals surface area (Å²) in [5.41, 5.74) is 0. The third kappa shape index (κ3) is 6.50. The van der Waals surface area contributed by atoms with Gasteiger partial charge in [-0.25, -0.2) is 9.55 Å². The lowest BCUT2D eigenvalue weighted by Crippen LogP contribution is -2.30. The number of aromatic amines is 1. The minimum absolute atomic E-state index is 1.19. The van der Waals surface area contributed by atoms with Gasteiger partial charge in [-0.3, -0.25) is 0 Å². The zero-order chi connectivity index (χ0) is 12.3. The molecule has 0 aliphatic heterocycles. The average Bonchev–Trinajstić information content (AvgIpc) is 2.73. The van der Waals surface area contributed by atoms with E-state index in [1.165, 1.54) is 70.0 Å². The SMILES string of the molecule is CCCCCCCCCCCc1[nH]cc[n+]1C. The monoisotopic (exact) mass is 237 g/mol. The van der Waals surface area contributed by atoms with Crippen LogP contribution in [0.1, 0.15) is 70.5 Å². The van der Waals surface area contributed by atoms with E-state index >= 15 is 0 Å². The molecule has 0 radical (unpaired) electrons. The van der Waals surface area contributed by atoms with Crippen LogP contribution in [-0.2, 0) is 13.5 Å². The van der Waals surface area contributed by atoms with Crippen LogP contribution in [0.4, 0.5) is 0 Å². The molecule has 0 unspecified atom stereocenters. The van der Waals surface area contributed by atoms with Gasteiger partial charge < -0.3 is 0 Å². The molecule has 0 aromatic carbocycles. The van der Waals surface area contributed by atoms with E-state index in [9.17, 15) is 0 Å². The number of aryl methyl sites for hydroxylation is 2. The predicted octanol–water partition coefficient (Wildman–Crippen LogP) is 3.91. The molecule has 0 atom stereocenters. The first-order chi connectivity index (χ1) is 8.34. The zero-order valence-electron chi connectivity index (χ0n) is 11.7. The van der Waals surface area contributed by atoms with Crippen molar-refractivity contribution >= 4 is 0 Å². The predicted molar refractivity (Wildman–Crippen MR) is 72.9 cm³/mol. The van der Waals surface area contributed by atoms with Crippen LogP contribution >= 0.6 is 0 Å². The molecule has 0 aliphatic rings. The van der Waals surface area contributed by atoms with Crippen LogP contribution in [0.2, 0.25) is 0 Å². The molecule has 1 rings (SSSR count). The minimum Gasteiger partial charge on any atom is -0.248 e. The second-order valence-electron chi connectivity index (χ2n) is 5.10. The van der Waals surface area contributed by atoms with Crippen molar-refractivity contribution in [2.75, 3.05) is 0 Å². The smallest absolute Gasteiger partial charge is 0.248 e. The molecule has 0 spiro atoms. The van der Waals surface area contributed by atoms with Crippen molar-refractivity contribution in [2.45, 2.75) is 71.1 Å². The van der Waals surface area contributed by atoms with Crippen molar-refractivity contribution in [1.29, 1.82) is 0 Å². The molecular formula is C15H29N2+. The molecule has 17 heavy (non-hydrogen) atoms. The summed E-state index contributed by atoms with van der Waals surface area (Å²) >= 11 is 0. The Morgan fingerprint density at radius 1 is 0.941 bits per heavy atom. The van der Waals surface area contributed by atoms with E-state index in [4.69, 9.17) is 0 Å². The summed E-state index contributed by atoms with van der Waals surface area (Å²) in [6.07, 6.45) is 17.9. The van der Waals surface area contributed by atoms with Crippen LogP contribution in [0.5, 0.6) is 0 Å². The topological polar surface area (TPSA) is 19.7 Å². The quantitative estimate of drug-likeness (QED) is 0.470. The first-order valence-corrected chi connectivity index (χ1v) is 7.36. The number of aromatic nitrogens is 2. The van der Waals surface area contributed by atoms with E-state index in [2.05, 4.69) is 29.7 Å². The third-order valence-electron chi connectivity index (χ3n) is 3.49. The van der Waals surface area contributed by atoms with Gasteiger partial charge in [-0.1, -0.05) is 58.3 Å². The molecule has 0 fully saturated rings. The third-order valence-corrected chi connectivity index (χ3v) is 3.49. The molecule has 1 aromatic rings. The first-order valence-electron chi connectivity index (χ1n) is 7.36. The van der Waals surface area contributed by atoms with Gasteiger partial charge in [0.05, 0.1) is 7.05 Å². The van der Waals surface area contributed by atoms with Crippen LogP contribution in [0.15, 0.2) is 12.4 Å². The lowest BCUT2D eigenvalue weighted by atomic mass is 10.1. The molecule has 0 bridgehead atoms. The maximum absolute atomic E-state index is 3.29. The van der Waals surface area contributed by atoms with E-state index in [1.807, 2.05) is 6.20 Å². The fraction of sp³-hybridized carbons (Fsp3) is 0.800. The van der Waals surface area contributed by atoms with E-state index in [-0.39, 0.29) is 0 Å². The summed E-state index contributed by atoms with van der Waals surface area (Å²) in [5.74, 6) is 1.35. The van der Waals surface area contributed by atoms with E-state index in [0.29, 0.717) is 0 Å². The van der Waals surface area contributed by atoms with E-state index in [0.717, 1.165) is 0 Å². The molecule has 1 heterocycles. The van der Waals surface area contributed by atoms with E-state index < -0.39 is 0 Å². The maximum atomic E-state index is 3.29. The normalized spacial score (nSPS) is 10.9. The average molecular weight is 237 g/mol. The fourth-order valence-electron chi connectivity index (χ4n) is 2.29. The van der Waals surface area contributed by atoms with Crippen molar-refractivity contribution in [1.82, 2.24) is 4.98 Å². The largest absolute Gasteiger partial charge is 0.253 e. The van der Waals surface area contributed by atoms with Gasteiger partial charge in [0.25, 0.3) is 5.82 Å². The standard InChI is InChI=1S/C15H28N2/c1-3-4-5-6-7-8-9-10-11-12-15-16-13-14-17(15)2/h13-14H,3-12H2,1-2H3/p+1. The number of unbranched alkanes of at least 4 members (excludes halogenated alkanes) is 8. The summed E-state index contributed by atoms with van der Waals surface area (Å²) < 4.78 is 2.19. The van der Waals surface area contributed by atoms with Crippen molar-refractivity contribution < 1.29 is 4.57 Å². The van der Waals surface area contributed by atoms with Crippen LogP contribution in [0, 0.1) is 0 Å². The summed E-state index contributed by atoms with van der Waals surface area (Å²) in [7, 11) is 2.11. The van der Waals surface area contributed by atoms with Gasteiger partial charge in [0.15, 0.2) is 0 Å². The van der Waals surface area contributed by atoms with Crippen LogP contribution in [-0.4, -0.2) is 4.98 Å². The Labute approximate surface area is 106 Å². The fourth-order valence-corrected chi connectivity index (χ4v) is 2.29. The Balaban J connectivity index is 1.86. The van der Waals surface area contributed by atoms with Crippen molar-refractivity contribution in [3.63, 3.8) is 0 Å². The summed E-state index contributed by atoms with van der Waals surface area (Å²) in [6.45, 7) is 2.28. The number of nitrogens with zero attached hydrogens (tertiary/aromatic N) is 1. The number of hydrogen-bond acceptors (Lipinski definition) is 0. The molecule has 0 saturated heterocycles. The molecule has 2 nitrogen and oxygen atoms in total. The van der Waals surface area contributed by atoms with Crippen LogP contribution in [0.25, 0.3) is 0 Å². The summed E-state index contributed by atoms with van der Waals surface area (Å²) in [4.78, 5) is 3.29. The molecular weight excluding hydrogens is 208 g/mol. The van der Waals surface area contributed by atoms with Gasteiger partial charge in [0.2, 0.25) is 0 Å². The van der Waals surface area contributed by atoms with Gasteiger partial charge in [-0.2, -0.15) is 0 Å². The summed E-state index contributed by atoms with van der Waals surface area (Å²) in [6, 6.07) is 0. The van der Waals surface area contributed by atoms with E-state index in [1.54, 1.807) is 0 Å². The Bertz CT molecular complexity index is 278. The van der Waals surface area contributed by atoms with Crippen molar-refractivity contribution in [3.05, 3.63) is 18.2 Å². The minimum atomic E-state index is 1.19. The van der Waals surface area contributed by atoms with Crippen molar-refractivity contribution in [3.8, 4) is 0 Å². The summed E-state index contributed by atoms with van der Waals surface area (Å²) in [5, 5.41) is 0. The Kier molecular flexibility index (Phi) is 7.78. The van der Waals surface area contributed by atoms with Gasteiger partial charge in [-0.15, -0.1) is 0 Å². The van der Waals surface area contributed by atoms with Crippen LogP contribution < -0.4 is 4.57 Å². The van der Waals surface area contributed by atoms with Crippen LogP contribution in [0.3, 0.4) is 0 Å². The van der Waals surface area contributed by atoms with Gasteiger partial charge in [-0.05, 0) is 6.42 Å². The zero-order valence-corrected chi connectivity index (χ0v) is 11.7. The molecule has 98 valence electrons. The lowest BCUT2D eigenvalue weighted by Gasteiger charge is -2.00. The maximum Gasteiger partial charge on any atom is 0.253 e. The molecule has 1 aromatic heterocycles. The van der Waals surface area contributed by atoms with Gasteiger partial charge in [0.1, 0.15) is 12.4 Å². The highest BCUT2D eigenvalue weighted by Crippen LogP contribution is 2.10. The van der Waals surface area contributed by atoms with Crippen molar-refractivity contribution in [2.24, 2.45) is 7.05 Å². The highest BCUT2D eigenvalue weighted by molar-refractivity contribution is 4.76. The first kappa shape index (κ1) is 14.3. The molecule has 0 aliphatic carbocycles. The number of imidazole rings is 1. The molecule has 1 N–H and O–H groups in total. The number of H-pyrrole nitrogens is 1. The molecule has 2 heteroatoms. The second-order valence-corrected chi connectivity index (χ2v) is 5.10. The Morgan fingerprint density at radius 2 is 1.53 bits per heavy atom. The molecule has 0 amide bonds. The number of rotatable bonds is 10. The highest BCUT2D eigenvalue weighted by atomic mass is 15.0. The number of nitrogens with one attached hydrogen (secondary N) is 1. The van der Waals surface area contributed by atoms with Gasteiger partial charge >= 0.3 is 0 Å². The molecule has 0 saturated carbocycles. The Morgan fingerprint density at radius 3 is 2.06 bits per heavy atom. The van der Waals surface area contributed by atoms with Gasteiger partial charge in [0, 0.05) is 6.42 Å². The number of hydrogen-bond donors (Lipinski definition) is 1. The highest BCUT2D eigenvalue weighted by Gasteiger charge is 2.04. The lowest BCUT2D eigenvalue weighted by molar-refractivity contribution is -0.677.